The van der Waals surface area contributed by atoms with Crippen LogP contribution in [0.1, 0.15) is 72.1 Å². The SMILES string of the molecule is CC1C[C@@]2(C)C(CCC3C2CC[C@]2(C)C(=O)CCC32)CC1O. The minimum absolute atomic E-state index is 0.00413. The van der Waals surface area contributed by atoms with Crippen LogP contribution in [0, 0.1) is 40.4 Å². The second-order valence-electron chi connectivity index (χ2n) is 9.56. The molecule has 4 fully saturated rings. The van der Waals surface area contributed by atoms with Crippen molar-refractivity contribution in [3.05, 3.63) is 0 Å². The lowest BCUT2D eigenvalue weighted by molar-refractivity contribution is -0.148. The molecular weight excluding hydrogens is 272 g/mol. The third-order valence-electron chi connectivity index (χ3n) is 8.72. The molecule has 0 spiro atoms. The Bertz CT molecular complexity index is 486. The van der Waals surface area contributed by atoms with Crippen LogP contribution in [-0.4, -0.2) is 17.0 Å². The first-order valence-electron chi connectivity index (χ1n) is 9.57. The maximum atomic E-state index is 12.4. The van der Waals surface area contributed by atoms with Crippen molar-refractivity contribution in [2.45, 2.75) is 78.2 Å². The smallest absolute Gasteiger partial charge is 0.139 e. The van der Waals surface area contributed by atoms with Gasteiger partial charge in [-0.25, -0.2) is 0 Å². The molecule has 2 nitrogen and oxygen atoms in total. The predicted molar refractivity (Wildman–Crippen MR) is 87.3 cm³/mol. The number of carbonyl (C=O) groups is 1. The summed E-state index contributed by atoms with van der Waals surface area (Å²) in [4.78, 5) is 12.4. The van der Waals surface area contributed by atoms with Crippen molar-refractivity contribution in [2.24, 2.45) is 40.4 Å². The van der Waals surface area contributed by atoms with Crippen molar-refractivity contribution in [1.82, 2.24) is 0 Å². The largest absolute Gasteiger partial charge is 0.393 e. The van der Waals surface area contributed by atoms with Crippen molar-refractivity contribution in [3.63, 3.8) is 0 Å². The van der Waals surface area contributed by atoms with E-state index in [-0.39, 0.29) is 11.5 Å². The van der Waals surface area contributed by atoms with Crippen LogP contribution >= 0.6 is 0 Å². The minimum atomic E-state index is -0.0865. The monoisotopic (exact) mass is 304 g/mol. The van der Waals surface area contributed by atoms with Gasteiger partial charge in [0.1, 0.15) is 5.78 Å². The molecule has 1 N–H and O–H groups in total. The zero-order valence-corrected chi connectivity index (χ0v) is 14.5. The molecular formula is C20H32O2. The average Bonchev–Trinajstić information content (AvgIpc) is 2.77. The van der Waals surface area contributed by atoms with Gasteiger partial charge in [-0.2, -0.15) is 0 Å². The number of aliphatic hydroxyl groups is 1. The predicted octanol–water partition coefficient (Wildman–Crippen LogP) is 4.21. The molecule has 0 aromatic rings. The number of hydrogen-bond donors (Lipinski definition) is 1. The van der Waals surface area contributed by atoms with E-state index in [2.05, 4.69) is 20.8 Å². The van der Waals surface area contributed by atoms with E-state index in [4.69, 9.17) is 0 Å². The van der Waals surface area contributed by atoms with Crippen LogP contribution in [0.4, 0.5) is 0 Å². The van der Waals surface area contributed by atoms with Crippen molar-refractivity contribution < 1.29 is 9.90 Å². The van der Waals surface area contributed by atoms with Gasteiger partial charge in [0.05, 0.1) is 6.10 Å². The van der Waals surface area contributed by atoms with Gasteiger partial charge in [0.15, 0.2) is 0 Å². The third kappa shape index (κ3) is 1.85. The van der Waals surface area contributed by atoms with Gasteiger partial charge < -0.3 is 5.11 Å². The third-order valence-corrected chi connectivity index (χ3v) is 8.72. The summed E-state index contributed by atoms with van der Waals surface area (Å²) in [6.07, 6.45) is 9.06. The van der Waals surface area contributed by atoms with Crippen molar-refractivity contribution >= 4 is 5.78 Å². The molecule has 0 saturated heterocycles. The lowest BCUT2D eigenvalue weighted by atomic mass is 9.44. The maximum Gasteiger partial charge on any atom is 0.139 e. The zero-order valence-electron chi connectivity index (χ0n) is 14.5. The van der Waals surface area contributed by atoms with E-state index >= 15 is 0 Å². The van der Waals surface area contributed by atoms with Crippen LogP contribution in [0.2, 0.25) is 0 Å². The molecule has 0 amide bonds. The molecule has 0 aromatic carbocycles. The van der Waals surface area contributed by atoms with Crippen LogP contribution < -0.4 is 0 Å². The summed E-state index contributed by atoms with van der Waals surface area (Å²) in [6, 6.07) is 0. The number of rotatable bonds is 0. The number of ketones is 1. The van der Waals surface area contributed by atoms with E-state index in [9.17, 15) is 9.90 Å². The number of fused-ring (bicyclic) bond motifs is 5. The zero-order chi connectivity index (χ0) is 15.7. The first kappa shape index (κ1) is 15.2. The van der Waals surface area contributed by atoms with Crippen molar-refractivity contribution in [1.29, 1.82) is 0 Å². The topological polar surface area (TPSA) is 37.3 Å². The summed E-state index contributed by atoms with van der Waals surface area (Å²) in [5.41, 5.74) is 0.415. The summed E-state index contributed by atoms with van der Waals surface area (Å²) >= 11 is 0. The summed E-state index contributed by atoms with van der Waals surface area (Å²) in [7, 11) is 0. The van der Waals surface area contributed by atoms with E-state index in [1.54, 1.807) is 0 Å². The Kier molecular flexibility index (Phi) is 3.32. The number of hydrogen-bond acceptors (Lipinski definition) is 2. The Morgan fingerprint density at radius 3 is 2.64 bits per heavy atom. The van der Waals surface area contributed by atoms with Crippen LogP contribution in [0.3, 0.4) is 0 Å². The average molecular weight is 304 g/mol. The highest BCUT2D eigenvalue weighted by molar-refractivity contribution is 5.87. The van der Waals surface area contributed by atoms with Gasteiger partial charge in [0.25, 0.3) is 0 Å². The second-order valence-corrected chi connectivity index (χ2v) is 9.56. The fourth-order valence-corrected chi connectivity index (χ4v) is 7.36. The molecule has 0 heterocycles. The highest BCUT2D eigenvalue weighted by Gasteiger charge is 2.60. The fourth-order valence-electron chi connectivity index (χ4n) is 7.36. The molecule has 4 saturated carbocycles. The van der Waals surface area contributed by atoms with E-state index < -0.39 is 0 Å². The fraction of sp³-hybridized carbons (Fsp3) is 0.950. The summed E-state index contributed by atoms with van der Waals surface area (Å²) in [5.74, 6) is 3.92. The van der Waals surface area contributed by atoms with Crippen molar-refractivity contribution in [3.8, 4) is 0 Å². The normalized spacial score (nSPS) is 57.9. The van der Waals surface area contributed by atoms with Gasteiger partial charge in [-0.1, -0.05) is 20.8 Å². The van der Waals surface area contributed by atoms with E-state index in [0.717, 1.165) is 37.5 Å². The molecule has 6 unspecified atom stereocenters. The first-order chi connectivity index (χ1) is 10.4. The van der Waals surface area contributed by atoms with E-state index in [1.165, 1.54) is 25.7 Å². The molecule has 22 heavy (non-hydrogen) atoms. The second kappa shape index (κ2) is 4.82. The molecule has 0 bridgehead atoms. The van der Waals surface area contributed by atoms with Crippen LogP contribution in [0.15, 0.2) is 0 Å². The Labute approximate surface area is 135 Å². The van der Waals surface area contributed by atoms with Crippen LogP contribution in [0.5, 0.6) is 0 Å². The molecule has 4 aliphatic rings. The lowest BCUT2D eigenvalue weighted by Crippen LogP contribution is -2.55. The minimum Gasteiger partial charge on any atom is -0.393 e. The molecule has 0 aliphatic heterocycles. The summed E-state index contributed by atoms with van der Waals surface area (Å²) in [5, 5.41) is 10.3. The Hall–Kier alpha value is -0.370. The molecule has 2 heteroatoms. The first-order valence-corrected chi connectivity index (χ1v) is 9.57. The summed E-state index contributed by atoms with van der Waals surface area (Å²) in [6.45, 7) is 7.03. The maximum absolute atomic E-state index is 12.4. The van der Waals surface area contributed by atoms with Gasteiger partial charge in [0.2, 0.25) is 0 Å². The molecule has 0 radical (unpaired) electrons. The standard InChI is InChI=1S/C20H32O2/c1-12-11-20(3)13(10-17(12)21)4-5-14-15-6-7-18(22)19(15,2)9-8-16(14)20/h12-17,21H,4-11H2,1-3H3/t12?,13?,14?,15?,16?,17?,19-,20-/m0/s1. The Balaban J connectivity index is 1.65. The van der Waals surface area contributed by atoms with Gasteiger partial charge >= 0.3 is 0 Å². The van der Waals surface area contributed by atoms with Gasteiger partial charge in [-0.05, 0) is 80.0 Å². The molecule has 4 rings (SSSR count). The highest BCUT2D eigenvalue weighted by Crippen LogP contribution is 2.65. The molecule has 0 aromatic heterocycles. The summed E-state index contributed by atoms with van der Waals surface area (Å²) < 4.78 is 0. The highest BCUT2D eigenvalue weighted by atomic mass is 16.3. The molecule has 8 atom stereocenters. The quantitative estimate of drug-likeness (QED) is 0.728. The number of aliphatic hydroxyl groups excluding tert-OH is 1. The number of carbonyl (C=O) groups excluding carboxylic acids is 1. The molecule has 124 valence electrons. The van der Waals surface area contributed by atoms with E-state index in [0.29, 0.717) is 29.0 Å². The van der Waals surface area contributed by atoms with Crippen molar-refractivity contribution in [2.75, 3.05) is 0 Å². The van der Waals surface area contributed by atoms with Crippen LogP contribution in [0.25, 0.3) is 0 Å². The Morgan fingerprint density at radius 2 is 1.86 bits per heavy atom. The van der Waals surface area contributed by atoms with Crippen LogP contribution in [-0.2, 0) is 4.79 Å². The van der Waals surface area contributed by atoms with E-state index in [1.807, 2.05) is 0 Å². The van der Waals surface area contributed by atoms with Gasteiger partial charge in [0, 0.05) is 11.8 Å². The Morgan fingerprint density at radius 1 is 1.09 bits per heavy atom. The molecule has 4 aliphatic carbocycles. The lowest BCUT2D eigenvalue weighted by Gasteiger charge is -2.61. The van der Waals surface area contributed by atoms with Gasteiger partial charge in [-0.3, -0.25) is 4.79 Å². The number of Topliss-reactive ketones (excluding diaryl/α,β-unsaturated/α-hetero) is 1. The van der Waals surface area contributed by atoms with Gasteiger partial charge in [-0.15, -0.1) is 0 Å².